The minimum Gasteiger partial charge on any atom is -0.478 e. The lowest BCUT2D eigenvalue weighted by atomic mass is 10.1. The quantitative estimate of drug-likeness (QED) is 0.879. The molecule has 18 heavy (non-hydrogen) atoms. The van der Waals surface area contributed by atoms with Gasteiger partial charge in [-0.05, 0) is 19.3 Å². The Bertz CT molecular complexity index is 404. The predicted octanol–water partition coefficient (Wildman–Crippen LogP) is 1.59. The van der Waals surface area contributed by atoms with Crippen molar-refractivity contribution < 1.29 is 8.95 Å². The van der Waals surface area contributed by atoms with E-state index in [1.165, 1.54) is 6.33 Å². The fourth-order valence-corrected chi connectivity index (χ4v) is 3.15. The molecule has 0 aromatic carbocycles. The smallest absolute Gasteiger partial charge is 0.218 e. The minimum absolute atomic E-state index is 0.358. The largest absolute Gasteiger partial charge is 0.478 e. The number of hydrogen-bond acceptors (Lipinski definition) is 5. The maximum absolute atomic E-state index is 11.3. The van der Waals surface area contributed by atoms with E-state index in [4.69, 9.17) is 4.74 Å². The molecule has 1 aromatic rings. The SMILES string of the molecule is CCCOc1cc(NC2CCS(=O)CC2)ncn1. The van der Waals surface area contributed by atoms with Crippen LogP contribution in [0.4, 0.5) is 5.82 Å². The summed E-state index contributed by atoms with van der Waals surface area (Å²) >= 11 is 0. The molecule has 2 heterocycles. The second kappa shape index (κ2) is 6.68. The van der Waals surface area contributed by atoms with Gasteiger partial charge in [0.25, 0.3) is 0 Å². The van der Waals surface area contributed by atoms with Crippen LogP contribution < -0.4 is 10.1 Å². The molecule has 1 fully saturated rings. The lowest BCUT2D eigenvalue weighted by Gasteiger charge is -2.22. The van der Waals surface area contributed by atoms with Crippen LogP contribution in [0.3, 0.4) is 0 Å². The zero-order valence-corrected chi connectivity index (χ0v) is 11.4. The van der Waals surface area contributed by atoms with Crippen LogP contribution in [0.2, 0.25) is 0 Å². The van der Waals surface area contributed by atoms with Crippen molar-refractivity contribution in [2.24, 2.45) is 0 Å². The number of aromatic nitrogens is 2. The predicted molar refractivity (Wildman–Crippen MR) is 72.3 cm³/mol. The summed E-state index contributed by atoms with van der Waals surface area (Å²) in [6, 6.07) is 2.18. The summed E-state index contributed by atoms with van der Waals surface area (Å²) in [4.78, 5) is 8.24. The Morgan fingerprint density at radius 3 is 2.94 bits per heavy atom. The lowest BCUT2D eigenvalue weighted by Crippen LogP contribution is -2.29. The van der Waals surface area contributed by atoms with Crippen molar-refractivity contribution in [1.29, 1.82) is 0 Å². The molecule has 0 amide bonds. The molecule has 1 aliphatic rings. The molecule has 5 nitrogen and oxygen atoms in total. The summed E-state index contributed by atoms with van der Waals surface area (Å²) in [7, 11) is -0.625. The van der Waals surface area contributed by atoms with Crippen molar-refractivity contribution in [3.8, 4) is 5.88 Å². The molecule has 1 N–H and O–H groups in total. The molecule has 1 aliphatic heterocycles. The van der Waals surface area contributed by atoms with Gasteiger partial charge in [0.05, 0.1) is 6.61 Å². The highest BCUT2D eigenvalue weighted by Gasteiger charge is 2.17. The van der Waals surface area contributed by atoms with Gasteiger partial charge in [0.15, 0.2) is 0 Å². The number of nitrogens with one attached hydrogen (secondary N) is 1. The normalized spacial score (nSPS) is 23.6. The van der Waals surface area contributed by atoms with E-state index in [9.17, 15) is 4.21 Å². The summed E-state index contributed by atoms with van der Waals surface area (Å²) in [5.74, 6) is 2.95. The van der Waals surface area contributed by atoms with Crippen LogP contribution in [0.15, 0.2) is 12.4 Å². The van der Waals surface area contributed by atoms with Gasteiger partial charge >= 0.3 is 0 Å². The summed E-state index contributed by atoms with van der Waals surface area (Å²) in [6.07, 6.45) is 4.33. The average Bonchev–Trinajstić information content (AvgIpc) is 2.40. The molecule has 1 saturated heterocycles. The Morgan fingerprint density at radius 1 is 1.44 bits per heavy atom. The van der Waals surface area contributed by atoms with Gasteiger partial charge < -0.3 is 10.1 Å². The van der Waals surface area contributed by atoms with Gasteiger partial charge in [-0.15, -0.1) is 0 Å². The Morgan fingerprint density at radius 2 is 2.22 bits per heavy atom. The fraction of sp³-hybridized carbons (Fsp3) is 0.667. The molecule has 6 heteroatoms. The van der Waals surface area contributed by atoms with Crippen molar-refractivity contribution in [2.75, 3.05) is 23.4 Å². The van der Waals surface area contributed by atoms with Crippen LogP contribution in [-0.4, -0.2) is 38.3 Å². The molecule has 0 bridgehead atoms. The molecular formula is C12H19N3O2S. The Labute approximate surface area is 110 Å². The van der Waals surface area contributed by atoms with E-state index in [0.29, 0.717) is 18.5 Å². The molecule has 100 valence electrons. The number of anilines is 1. The van der Waals surface area contributed by atoms with Crippen molar-refractivity contribution in [2.45, 2.75) is 32.2 Å². The van der Waals surface area contributed by atoms with Gasteiger partial charge in [-0.2, -0.15) is 0 Å². The lowest BCUT2D eigenvalue weighted by molar-refractivity contribution is 0.305. The minimum atomic E-state index is -0.625. The molecule has 1 aromatic heterocycles. The van der Waals surface area contributed by atoms with E-state index >= 15 is 0 Å². The van der Waals surface area contributed by atoms with Gasteiger partial charge in [-0.25, -0.2) is 9.97 Å². The Kier molecular flexibility index (Phi) is 4.92. The van der Waals surface area contributed by atoms with Gasteiger partial charge in [-0.1, -0.05) is 6.92 Å². The van der Waals surface area contributed by atoms with Crippen LogP contribution in [0.1, 0.15) is 26.2 Å². The van der Waals surface area contributed by atoms with Crippen LogP contribution >= 0.6 is 0 Å². The number of rotatable bonds is 5. The van der Waals surface area contributed by atoms with E-state index in [1.807, 2.05) is 6.07 Å². The van der Waals surface area contributed by atoms with E-state index in [0.717, 1.165) is 36.6 Å². The molecule has 0 unspecified atom stereocenters. The number of hydrogen-bond donors (Lipinski definition) is 1. The van der Waals surface area contributed by atoms with E-state index in [1.54, 1.807) is 0 Å². The molecule has 0 atom stereocenters. The Balaban J connectivity index is 1.90. The van der Waals surface area contributed by atoms with Crippen LogP contribution in [-0.2, 0) is 10.8 Å². The third-order valence-corrected chi connectivity index (χ3v) is 4.22. The summed E-state index contributed by atoms with van der Waals surface area (Å²) in [5, 5.41) is 3.35. The highest BCUT2D eigenvalue weighted by molar-refractivity contribution is 7.85. The molecule has 2 rings (SSSR count). The van der Waals surface area contributed by atoms with Crippen molar-refractivity contribution >= 4 is 16.6 Å². The van der Waals surface area contributed by atoms with E-state index in [2.05, 4.69) is 22.2 Å². The van der Waals surface area contributed by atoms with Crippen molar-refractivity contribution in [1.82, 2.24) is 9.97 Å². The van der Waals surface area contributed by atoms with Crippen LogP contribution in [0.5, 0.6) is 5.88 Å². The number of ether oxygens (including phenoxy) is 1. The summed E-state index contributed by atoms with van der Waals surface area (Å²) < 4.78 is 16.7. The van der Waals surface area contributed by atoms with Gasteiger partial charge in [0, 0.05) is 34.4 Å². The first kappa shape index (κ1) is 13.3. The molecule has 0 spiro atoms. The van der Waals surface area contributed by atoms with Crippen molar-refractivity contribution in [3.05, 3.63) is 12.4 Å². The third-order valence-electron chi connectivity index (χ3n) is 2.84. The number of nitrogens with zero attached hydrogens (tertiary/aromatic N) is 2. The van der Waals surface area contributed by atoms with Gasteiger partial charge in [0.2, 0.25) is 5.88 Å². The first-order chi connectivity index (χ1) is 8.78. The van der Waals surface area contributed by atoms with Gasteiger partial charge in [0.1, 0.15) is 12.1 Å². The Hall–Kier alpha value is -1.17. The molecule has 0 saturated carbocycles. The first-order valence-electron chi connectivity index (χ1n) is 6.34. The zero-order valence-electron chi connectivity index (χ0n) is 10.6. The summed E-state index contributed by atoms with van der Waals surface area (Å²) in [6.45, 7) is 2.72. The second-order valence-electron chi connectivity index (χ2n) is 4.36. The second-order valence-corrected chi connectivity index (χ2v) is 6.05. The molecular weight excluding hydrogens is 250 g/mol. The highest BCUT2D eigenvalue weighted by atomic mass is 32.2. The maximum Gasteiger partial charge on any atom is 0.218 e. The fourth-order valence-electron chi connectivity index (χ4n) is 1.85. The molecule has 0 radical (unpaired) electrons. The summed E-state index contributed by atoms with van der Waals surface area (Å²) in [5.41, 5.74) is 0. The monoisotopic (exact) mass is 269 g/mol. The third kappa shape index (κ3) is 3.94. The zero-order chi connectivity index (χ0) is 12.8. The molecule has 0 aliphatic carbocycles. The van der Waals surface area contributed by atoms with Crippen molar-refractivity contribution in [3.63, 3.8) is 0 Å². The topological polar surface area (TPSA) is 64.1 Å². The van der Waals surface area contributed by atoms with E-state index < -0.39 is 10.8 Å². The van der Waals surface area contributed by atoms with E-state index in [-0.39, 0.29) is 0 Å². The van der Waals surface area contributed by atoms with Crippen LogP contribution in [0, 0.1) is 0 Å². The maximum atomic E-state index is 11.3. The standard InChI is InChI=1S/C12H19N3O2S/c1-2-5-17-12-8-11(13-9-14-12)15-10-3-6-18(16)7-4-10/h8-10H,2-7H2,1H3,(H,13,14,15). The first-order valence-corrected chi connectivity index (χ1v) is 7.83. The average molecular weight is 269 g/mol. The van der Waals surface area contributed by atoms with Gasteiger partial charge in [-0.3, -0.25) is 4.21 Å². The highest BCUT2D eigenvalue weighted by Crippen LogP contribution is 2.17. The van der Waals surface area contributed by atoms with Crippen LogP contribution in [0.25, 0.3) is 0 Å².